The Kier molecular flexibility index (Phi) is 9.43. The average Bonchev–Trinajstić information content (AvgIpc) is 3.25. The molecule has 14 heteroatoms. The summed E-state index contributed by atoms with van der Waals surface area (Å²) in [4.78, 5) is 23.5. The number of aryl methyl sites for hydroxylation is 2. The number of carbonyl (C=O) groups is 1. The lowest BCUT2D eigenvalue weighted by Crippen LogP contribution is -2.39. The van der Waals surface area contributed by atoms with Gasteiger partial charge in [0.05, 0.1) is 39.5 Å². The van der Waals surface area contributed by atoms with Crippen molar-refractivity contribution in [3.05, 3.63) is 109 Å². The highest BCUT2D eigenvalue weighted by atomic mass is 35.5. The molecule has 0 bridgehead atoms. The van der Waals surface area contributed by atoms with E-state index < -0.39 is 27.4 Å². The molecule has 4 aromatic rings. The van der Waals surface area contributed by atoms with Crippen molar-refractivity contribution in [2.75, 3.05) is 18.0 Å². The van der Waals surface area contributed by atoms with Crippen LogP contribution in [0.25, 0.3) is 5.69 Å². The third-order valence-corrected chi connectivity index (χ3v) is 8.95. The summed E-state index contributed by atoms with van der Waals surface area (Å²) in [6, 6.07) is 16.5. The van der Waals surface area contributed by atoms with Gasteiger partial charge in [0, 0.05) is 33.6 Å². The van der Waals surface area contributed by atoms with Crippen LogP contribution < -0.4 is 14.5 Å². The summed E-state index contributed by atoms with van der Waals surface area (Å²) >= 11 is 12.6. The number of benzene rings is 3. The maximum atomic E-state index is 13.7. The van der Waals surface area contributed by atoms with E-state index in [4.69, 9.17) is 27.9 Å². The number of nitrogens with one attached hydrogen (secondary N) is 1. The lowest BCUT2D eigenvalue weighted by Gasteiger charge is -2.24. The number of methoxy groups -OCH3 is 1. The highest BCUT2D eigenvalue weighted by molar-refractivity contribution is 7.92. The fourth-order valence-electron chi connectivity index (χ4n) is 4.42. The molecule has 0 saturated carbocycles. The van der Waals surface area contributed by atoms with Crippen molar-refractivity contribution in [3.8, 4) is 11.4 Å². The minimum absolute atomic E-state index is 0.144. The molecule has 0 spiro atoms. The van der Waals surface area contributed by atoms with Gasteiger partial charge >= 0.3 is 0 Å². The van der Waals surface area contributed by atoms with Crippen LogP contribution in [-0.2, 0) is 14.8 Å². The zero-order valence-corrected chi connectivity index (χ0v) is 25.9. The summed E-state index contributed by atoms with van der Waals surface area (Å²) in [5.41, 5.74) is 5.44. The van der Waals surface area contributed by atoms with Crippen molar-refractivity contribution < 1.29 is 22.9 Å². The molecule has 0 radical (unpaired) electrons. The highest BCUT2D eigenvalue weighted by Crippen LogP contribution is 2.30. The van der Waals surface area contributed by atoms with Crippen LogP contribution >= 0.6 is 23.2 Å². The van der Waals surface area contributed by atoms with Gasteiger partial charge in [-0.25, -0.2) is 13.8 Å². The zero-order valence-electron chi connectivity index (χ0n) is 23.5. The molecule has 0 aliphatic heterocycles. The van der Waals surface area contributed by atoms with Gasteiger partial charge in [-0.2, -0.15) is 5.10 Å². The van der Waals surface area contributed by atoms with Crippen molar-refractivity contribution >= 4 is 56.7 Å². The number of hydrogen-bond acceptors (Lipinski definition) is 7. The molecule has 43 heavy (non-hydrogen) atoms. The maximum absolute atomic E-state index is 13.7. The molecule has 0 unspecified atom stereocenters. The first kappa shape index (κ1) is 31.5. The molecule has 0 aliphatic rings. The number of amides is 1. The number of ether oxygens (including phenoxy) is 1. The second-order valence-electron chi connectivity index (χ2n) is 9.47. The Bertz CT molecular complexity index is 1840. The van der Waals surface area contributed by atoms with Crippen LogP contribution in [0.4, 0.5) is 11.4 Å². The normalized spacial score (nSPS) is 11.5. The summed E-state index contributed by atoms with van der Waals surface area (Å²) in [5, 5.41) is 16.5. The predicted molar refractivity (Wildman–Crippen MR) is 166 cm³/mol. The number of nitro groups is 1. The lowest BCUT2D eigenvalue weighted by molar-refractivity contribution is -0.385. The maximum Gasteiger partial charge on any atom is 0.273 e. The van der Waals surface area contributed by atoms with E-state index in [0.717, 1.165) is 21.8 Å². The van der Waals surface area contributed by atoms with Gasteiger partial charge in [0.1, 0.15) is 12.3 Å². The third kappa shape index (κ3) is 6.82. The fourth-order valence-corrected chi connectivity index (χ4v) is 6.23. The van der Waals surface area contributed by atoms with E-state index in [9.17, 15) is 23.3 Å². The Morgan fingerprint density at radius 1 is 1.07 bits per heavy atom. The number of hydrazone groups is 1. The Morgan fingerprint density at radius 2 is 1.77 bits per heavy atom. The van der Waals surface area contributed by atoms with E-state index in [1.165, 1.54) is 56.6 Å². The van der Waals surface area contributed by atoms with Gasteiger partial charge in [0.15, 0.2) is 0 Å². The van der Waals surface area contributed by atoms with Gasteiger partial charge in [0.2, 0.25) is 0 Å². The third-order valence-electron chi connectivity index (χ3n) is 6.63. The van der Waals surface area contributed by atoms with Gasteiger partial charge in [-0.3, -0.25) is 19.2 Å². The number of hydrogen-bond donors (Lipinski definition) is 1. The lowest BCUT2D eigenvalue weighted by atomic mass is 10.2. The largest absolute Gasteiger partial charge is 0.497 e. The summed E-state index contributed by atoms with van der Waals surface area (Å²) < 4.78 is 35.3. The van der Waals surface area contributed by atoms with Crippen LogP contribution in [0.5, 0.6) is 5.75 Å². The number of aromatic nitrogens is 1. The van der Waals surface area contributed by atoms with Gasteiger partial charge in [-0.15, -0.1) is 0 Å². The first-order valence-corrected chi connectivity index (χ1v) is 14.9. The minimum Gasteiger partial charge on any atom is -0.497 e. The standard InChI is InChI=1S/C29H27Cl2N5O6S/c1-18-5-11-25(15-27(18)36(38)39)43(40,41)34(23-7-9-24(42-4)10-8-23)17-29(37)33-32-16-21-13-19(2)35(20(21)3)28-14-22(30)6-12-26(28)31/h5-16H,17H2,1-4H3,(H,33,37)/b32-16+. The summed E-state index contributed by atoms with van der Waals surface area (Å²) in [7, 11) is -2.96. The van der Waals surface area contributed by atoms with Gasteiger partial charge in [-0.05, 0) is 75.4 Å². The molecular formula is C29H27Cl2N5O6S. The number of nitrogens with zero attached hydrogens (tertiary/aromatic N) is 4. The Morgan fingerprint density at radius 3 is 2.42 bits per heavy atom. The van der Waals surface area contributed by atoms with Crippen LogP contribution in [0.3, 0.4) is 0 Å². The molecule has 1 aromatic heterocycles. The predicted octanol–water partition coefficient (Wildman–Crippen LogP) is 5.97. The van der Waals surface area contributed by atoms with Gasteiger partial charge in [-0.1, -0.05) is 29.3 Å². The van der Waals surface area contributed by atoms with Crippen molar-refractivity contribution in [3.63, 3.8) is 0 Å². The topological polar surface area (TPSA) is 136 Å². The molecule has 3 aromatic carbocycles. The quantitative estimate of drug-likeness (QED) is 0.128. The number of sulfonamides is 1. The number of rotatable bonds is 10. The SMILES string of the molecule is COc1ccc(N(CC(=O)N/N=C/c2cc(C)n(-c3cc(Cl)ccc3Cl)c2C)S(=O)(=O)c2ccc(C)c([N+](=O)[O-])c2)cc1. The fraction of sp³-hybridized carbons (Fsp3) is 0.172. The first-order valence-electron chi connectivity index (χ1n) is 12.7. The highest BCUT2D eigenvalue weighted by Gasteiger charge is 2.29. The van der Waals surface area contributed by atoms with Gasteiger partial charge in [0.25, 0.3) is 21.6 Å². The van der Waals surface area contributed by atoms with E-state index in [1.54, 1.807) is 18.2 Å². The summed E-state index contributed by atoms with van der Waals surface area (Å²) in [6.07, 6.45) is 1.44. The molecular weight excluding hydrogens is 617 g/mol. The molecule has 11 nitrogen and oxygen atoms in total. The van der Waals surface area contributed by atoms with Crippen LogP contribution in [0.15, 0.2) is 76.7 Å². The molecule has 4 rings (SSSR count). The molecule has 0 atom stereocenters. The van der Waals surface area contributed by atoms with E-state index in [1.807, 2.05) is 24.5 Å². The van der Waals surface area contributed by atoms with Crippen LogP contribution in [0.2, 0.25) is 10.0 Å². The Balaban J connectivity index is 1.61. The van der Waals surface area contributed by atoms with Crippen molar-refractivity contribution in [2.24, 2.45) is 5.10 Å². The van der Waals surface area contributed by atoms with E-state index in [0.29, 0.717) is 32.6 Å². The first-order chi connectivity index (χ1) is 20.3. The van der Waals surface area contributed by atoms with Crippen molar-refractivity contribution in [2.45, 2.75) is 25.7 Å². The van der Waals surface area contributed by atoms with E-state index in [-0.39, 0.29) is 16.3 Å². The Hall–Kier alpha value is -4.39. The van der Waals surface area contributed by atoms with Gasteiger partial charge < -0.3 is 9.30 Å². The van der Waals surface area contributed by atoms with Crippen LogP contribution in [-0.4, -0.2) is 43.7 Å². The van der Waals surface area contributed by atoms with Crippen molar-refractivity contribution in [1.82, 2.24) is 9.99 Å². The van der Waals surface area contributed by atoms with Crippen LogP contribution in [0, 0.1) is 30.9 Å². The molecule has 1 N–H and O–H groups in total. The summed E-state index contributed by atoms with van der Waals surface area (Å²) in [5.74, 6) is -0.276. The Labute approximate surface area is 258 Å². The second-order valence-corrected chi connectivity index (χ2v) is 12.2. The molecule has 1 heterocycles. The number of halogens is 2. The van der Waals surface area contributed by atoms with E-state index in [2.05, 4.69) is 10.5 Å². The second kappa shape index (κ2) is 12.9. The average molecular weight is 645 g/mol. The number of carbonyl (C=O) groups excluding carboxylic acids is 1. The smallest absolute Gasteiger partial charge is 0.273 e. The summed E-state index contributed by atoms with van der Waals surface area (Å²) in [6.45, 7) is 4.58. The van der Waals surface area contributed by atoms with E-state index >= 15 is 0 Å². The zero-order chi connectivity index (χ0) is 31.5. The number of nitro benzene ring substituents is 1. The van der Waals surface area contributed by atoms with Crippen molar-refractivity contribution in [1.29, 1.82) is 0 Å². The molecule has 1 amide bonds. The van der Waals surface area contributed by atoms with Crippen LogP contribution in [0.1, 0.15) is 22.5 Å². The monoisotopic (exact) mass is 643 g/mol. The molecule has 0 aliphatic carbocycles. The molecule has 0 saturated heterocycles. The molecule has 224 valence electrons. The molecule has 0 fully saturated rings. The minimum atomic E-state index is -4.42. The number of anilines is 1.